The average molecular weight is 532 g/mol. The molecule has 0 aliphatic heterocycles. The molecule has 35 heavy (non-hydrogen) atoms. The molecule has 0 saturated carbocycles. The maximum Gasteiger partial charge on any atom is 0.343 e. The number of anilines is 1. The van der Waals surface area contributed by atoms with E-state index in [-0.39, 0.29) is 18.2 Å². The molecule has 0 unspecified atom stereocenters. The van der Waals surface area contributed by atoms with Gasteiger partial charge in [-0.2, -0.15) is 5.10 Å². The highest BCUT2D eigenvalue weighted by Crippen LogP contribution is 2.28. The van der Waals surface area contributed by atoms with Crippen molar-refractivity contribution in [2.75, 3.05) is 19.0 Å². The summed E-state index contributed by atoms with van der Waals surface area (Å²) in [6, 6.07) is 25.7. The van der Waals surface area contributed by atoms with Crippen LogP contribution in [0.2, 0.25) is 0 Å². The molecule has 176 valence electrons. The topological polar surface area (TPSA) is 89.0 Å². The van der Waals surface area contributed by atoms with E-state index < -0.39 is 5.97 Å². The molecule has 4 rings (SSSR count). The van der Waals surface area contributed by atoms with Crippen LogP contribution in [0.1, 0.15) is 15.9 Å². The Hall–Kier alpha value is -4.17. The van der Waals surface area contributed by atoms with Gasteiger partial charge in [-0.15, -0.1) is 0 Å². The fourth-order valence-corrected chi connectivity index (χ4v) is 3.63. The number of carbonyl (C=O) groups excluding carboxylic acids is 2. The van der Waals surface area contributed by atoms with Crippen molar-refractivity contribution in [3.63, 3.8) is 0 Å². The number of hydrogen-bond acceptors (Lipinski definition) is 6. The Morgan fingerprint density at radius 2 is 1.71 bits per heavy atom. The number of rotatable bonds is 8. The number of hydrogen-bond donors (Lipinski definition) is 2. The molecule has 1 amide bonds. The monoisotopic (exact) mass is 531 g/mol. The Kier molecular flexibility index (Phi) is 7.74. The molecule has 0 heterocycles. The van der Waals surface area contributed by atoms with Gasteiger partial charge in [0.2, 0.25) is 0 Å². The number of esters is 1. The summed E-state index contributed by atoms with van der Waals surface area (Å²) < 4.78 is 11.7. The first-order chi connectivity index (χ1) is 17.0. The summed E-state index contributed by atoms with van der Waals surface area (Å²) in [6.45, 7) is 0.0691. The highest BCUT2D eigenvalue weighted by Gasteiger charge is 2.13. The van der Waals surface area contributed by atoms with E-state index in [0.29, 0.717) is 16.9 Å². The van der Waals surface area contributed by atoms with E-state index in [0.717, 1.165) is 20.9 Å². The lowest BCUT2D eigenvalue weighted by Gasteiger charge is -2.10. The zero-order valence-electron chi connectivity index (χ0n) is 18.8. The third kappa shape index (κ3) is 6.24. The Labute approximate surface area is 210 Å². The maximum atomic E-state index is 12.4. The summed E-state index contributed by atoms with van der Waals surface area (Å²) in [5.74, 6) is -0.145. The standard InChI is InChI=1S/C27H22BrN3O4/c1-34-25-15-18(9-14-24(25)35-27(33)20-10-12-21(28)13-11-20)16-30-31-26(32)17-29-23-8-4-6-19-5-2-3-7-22(19)23/h2-16,29H,17H2,1H3,(H,31,32). The van der Waals surface area contributed by atoms with Crippen LogP contribution in [0.25, 0.3) is 10.8 Å². The van der Waals surface area contributed by atoms with Gasteiger partial charge in [0.1, 0.15) is 0 Å². The molecule has 0 saturated heterocycles. The molecular weight excluding hydrogens is 510 g/mol. The minimum Gasteiger partial charge on any atom is -0.493 e. The molecule has 4 aromatic rings. The molecule has 0 spiro atoms. The van der Waals surface area contributed by atoms with Crippen molar-refractivity contribution >= 4 is 50.5 Å². The van der Waals surface area contributed by atoms with Crippen LogP contribution in [-0.4, -0.2) is 31.7 Å². The van der Waals surface area contributed by atoms with E-state index in [1.807, 2.05) is 42.5 Å². The number of amides is 1. The van der Waals surface area contributed by atoms with Crippen LogP contribution >= 0.6 is 15.9 Å². The number of fused-ring (bicyclic) bond motifs is 1. The third-order valence-electron chi connectivity index (χ3n) is 5.10. The van der Waals surface area contributed by atoms with E-state index in [1.54, 1.807) is 42.5 Å². The van der Waals surface area contributed by atoms with Crippen molar-refractivity contribution < 1.29 is 19.1 Å². The van der Waals surface area contributed by atoms with Gasteiger partial charge in [-0.1, -0.05) is 52.3 Å². The zero-order chi connectivity index (χ0) is 24.6. The molecule has 2 N–H and O–H groups in total. The van der Waals surface area contributed by atoms with Gasteiger partial charge >= 0.3 is 5.97 Å². The highest BCUT2D eigenvalue weighted by atomic mass is 79.9. The number of ether oxygens (including phenoxy) is 2. The van der Waals surface area contributed by atoms with Crippen molar-refractivity contribution in [2.45, 2.75) is 0 Å². The van der Waals surface area contributed by atoms with Crippen LogP contribution in [0.3, 0.4) is 0 Å². The minimum atomic E-state index is -0.497. The highest BCUT2D eigenvalue weighted by molar-refractivity contribution is 9.10. The van der Waals surface area contributed by atoms with E-state index in [2.05, 4.69) is 31.8 Å². The molecule has 0 atom stereocenters. The van der Waals surface area contributed by atoms with E-state index in [4.69, 9.17) is 9.47 Å². The molecule has 4 aromatic carbocycles. The van der Waals surface area contributed by atoms with Crippen LogP contribution in [0.4, 0.5) is 5.69 Å². The summed E-state index contributed by atoms with van der Waals surface area (Å²) in [6.07, 6.45) is 1.48. The third-order valence-corrected chi connectivity index (χ3v) is 5.63. The molecule has 0 aliphatic rings. The van der Waals surface area contributed by atoms with Gasteiger partial charge in [-0.05, 0) is 59.5 Å². The summed E-state index contributed by atoms with van der Waals surface area (Å²) in [7, 11) is 1.48. The Morgan fingerprint density at radius 3 is 2.51 bits per heavy atom. The Bertz CT molecular complexity index is 1380. The number of halogens is 1. The lowest BCUT2D eigenvalue weighted by Crippen LogP contribution is -2.25. The number of hydrazone groups is 1. The van der Waals surface area contributed by atoms with Crippen LogP contribution in [0.5, 0.6) is 11.5 Å². The quantitative estimate of drug-likeness (QED) is 0.138. The van der Waals surface area contributed by atoms with Gasteiger partial charge in [-0.25, -0.2) is 10.2 Å². The van der Waals surface area contributed by atoms with Crippen LogP contribution in [0.15, 0.2) is 94.5 Å². The SMILES string of the molecule is COc1cc(C=NNC(=O)CNc2cccc3ccccc23)ccc1OC(=O)c1ccc(Br)cc1. The van der Waals surface area contributed by atoms with Gasteiger partial charge in [0.25, 0.3) is 5.91 Å². The summed E-state index contributed by atoms with van der Waals surface area (Å²) in [5, 5.41) is 9.28. The fourth-order valence-electron chi connectivity index (χ4n) is 3.37. The predicted molar refractivity (Wildman–Crippen MR) is 140 cm³/mol. The second kappa shape index (κ2) is 11.3. The molecule has 7 nitrogen and oxygen atoms in total. The van der Waals surface area contributed by atoms with Crippen molar-refractivity contribution in [1.29, 1.82) is 0 Å². The van der Waals surface area contributed by atoms with Gasteiger partial charge in [0.15, 0.2) is 11.5 Å². The smallest absolute Gasteiger partial charge is 0.343 e. The lowest BCUT2D eigenvalue weighted by atomic mass is 10.1. The largest absolute Gasteiger partial charge is 0.493 e. The molecule has 0 bridgehead atoms. The van der Waals surface area contributed by atoms with Crippen LogP contribution < -0.4 is 20.2 Å². The number of nitrogens with zero attached hydrogens (tertiary/aromatic N) is 1. The van der Waals surface area contributed by atoms with E-state index in [1.165, 1.54) is 13.3 Å². The zero-order valence-corrected chi connectivity index (χ0v) is 20.4. The molecule has 8 heteroatoms. The first kappa shape index (κ1) is 24.0. The molecule has 0 aromatic heterocycles. The van der Waals surface area contributed by atoms with E-state index >= 15 is 0 Å². The first-order valence-corrected chi connectivity index (χ1v) is 11.5. The number of methoxy groups -OCH3 is 1. The number of carbonyl (C=O) groups is 2. The van der Waals surface area contributed by atoms with Crippen molar-refractivity contribution in [2.24, 2.45) is 5.10 Å². The van der Waals surface area contributed by atoms with Gasteiger partial charge < -0.3 is 14.8 Å². The first-order valence-electron chi connectivity index (χ1n) is 10.7. The van der Waals surface area contributed by atoms with Crippen LogP contribution in [0, 0.1) is 0 Å². The second-order valence-corrected chi connectivity index (χ2v) is 8.40. The Balaban J connectivity index is 1.34. The normalized spacial score (nSPS) is 10.8. The Morgan fingerprint density at radius 1 is 0.943 bits per heavy atom. The molecular formula is C27H22BrN3O4. The maximum absolute atomic E-state index is 12.4. The molecule has 0 fully saturated rings. The predicted octanol–water partition coefficient (Wildman–Crippen LogP) is 5.39. The lowest BCUT2D eigenvalue weighted by molar-refractivity contribution is -0.119. The van der Waals surface area contributed by atoms with Crippen molar-refractivity contribution in [1.82, 2.24) is 5.43 Å². The van der Waals surface area contributed by atoms with Gasteiger partial charge in [-0.3, -0.25) is 4.79 Å². The molecule has 0 radical (unpaired) electrons. The minimum absolute atomic E-state index is 0.0691. The average Bonchev–Trinajstić information content (AvgIpc) is 2.88. The van der Waals surface area contributed by atoms with Gasteiger partial charge in [0.05, 0.1) is 25.4 Å². The number of benzene rings is 4. The summed E-state index contributed by atoms with van der Waals surface area (Å²) in [5.41, 5.74) is 4.45. The second-order valence-electron chi connectivity index (χ2n) is 7.48. The fraction of sp³-hybridized carbons (Fsp3) is 0.0741. The van der Waals surface area contributed by atoms with Crippen LogP contribution in [-0.2, 0) is 4.79 Å². The van der Waals surface area contributed by atoms with Crippen molar-refractivity contribution in [3.8, 4) is 11.5 Å². The molecule has 0 aliphatic carbocycles. The van der Waals surface area contributed by atoms with E-state index in [9.17, 15) is 9.59 Å². The number of nitrogens with one attached hydrogen (secondary N) is 2. The summed E-state index contributed by atoms with van der Waals surface area (Å²) >= 11 is 3.34. The van der Waals surface area contributed by atoms with Gasteiger partial charge in [0, 0.05) is 15.5 Å². The van der Waals surface area contributed by atoms with Crippen molar-refractivity contribution in [3.05, 3.63) is 101 Å². The summed E-state index contributed by atoms with van der Waals surface area (Å²) in [4.78, 5) is 24.6.